The van der Waals surface area contributed by atoms with Gasteiger partial charge in [0.05, 0.1) is 12.2 Å². The zero-order valence-corrected chi connectivity index (χ0v) is 16.9. The second-order valence-electron chi connectivity index (χ2n) is 7.69. The van der Waals surface area contributed by atoms with E-state index >= 15 is 0 Å². The molecular formula is C22H26N6O. The lowest BCUT2D eigenvalue weighted by molar-refractivity contribution is 0.0712. The van der Waals surface area contributed by atoms with Crippen molar-refractivity contribution in [1.82, 2.24) is 24.6 Å². The molecule has 29 heavy (non-hydrogen) atoms. The number of likely N-dealkylation sites (tertiary alicyclic amines) is 1. The van der Waals surface area contributed by atoms with Gasteiger partial charge in [-0.25, -0.2) is 9.97 Å². The number of carbonyl (C=O) groups excluding carboxylic acids is 1. The molecule has 4 rings (SSSR count). The van der Waals surface area contributed by atoms with Crippen LogP contribution in [-0.2, 0) is 6.54 Å². The summed E-state index contributed by atoms with van der Waals surface area (Å²) in [6, 6.07) is 11.8. The molecule has 3 heterocycles. The van der Waals surface area contributed by atoms with E-state index in [0.717, 1.165) is 54.1 Å². The van der Waals surface area contributed by atoms with Crippen molar-refractivity contribution >= 4 is 11.9 Å². The Morgan fingerprint density at radius 3 is 2.48 bits per heavy atom. The highest BCUT2D eigenvalue weighted by molar-refractivity contribution is 5.94. The average Bonchev–Trinajstić information content (AvgIpc) is 3.05. The second-order valence-corrected chi connectivity index (χ2v) is 7.69. The first-order valence-electron chi connectivity index (χ1n) is 9.97. The number of benzene rings is 1. The molecule has 1 fully saturated rings. The largest absolute Gasteiger partial charge is 0.368 e. The summed E-state index contributed by atoms with van der Waals surface area (Å²) in [7, 11) is 0. The Hall–Kier alpha value is -3.22. The summed E-state index contributed by atoms with van der Waals surface area (Å²) in [5.74, 6) is 0.720. The molecule has 1 amide bonds. The molecule has 0 spiro atoms. The molecule has 3 aromatic rings. The zero-order valence-electron chi connectivity index (χ0n) is 16.9. The lowest BCUT2D eigenvalue weighted by atomic mass is 9.93. The molecule has 2 N–H and O–H groups in total. The van der Waals surface area contributed by atoms with Gasteiger partial charge in [0.1, 0.15) is 0 Å². The van der Waals surface area contributed by atoms with Crippen molar-refractivity contribution in [3.63, 3.8) is 0 Å². The van der Waals surface area contributed by atoms with Crippen LogP contribution in [0.2, 0.25) is 0 Å². The Bertz CT molecular complexity index is 1000. The molecule has 1 aliphatic rings. The molecule has 0 aliphatic carbocycles. The summed E-state index contributed by atoms with van der Waals surface area (Å²) in [5, 5.41) is 4.50. The fourth-order valence-corrected chi connectivity index (χ4v) is 3.94. The Labute approximate surface area is 170 Å². The van der Waals surface area contributed by atoms with Crippen molar-refractivity contribution < 1.29 is 4.79 Å². The van der Waals surface area contributed by atoms with Crippen LogP contribution in [0.5, 0.6) is 0 Å². The van der Waals surface area contributed by atoms with E-state index in [1.807, 2.05) is 46.8 Å². The number of nitrogens with zero attached hydrogens (tertiary/aromatic N) is 5. The minimum atomic E-state index is 0.0864. The lowest BCUT2D eigenvalue weighted by Crippen LogP contribution is -2.38. The number of nitrogen functional groups attached to an aromatic ring is 1. The first-order valence-corrected chi connectivity index (χ1v) is 9.97. The predicted molar refractivity (Wildman–Crippen MR) is 112 cm³/mol. The van der Waals surface area contributed by atoms with Gasteiger partial charge in [0.15, 0.2) is 0 Å². The number of anilines is 1. The predicted octanol–water partition coefficient (Wildman–Crippen LogP) is 2.94. The fourth-order valence-electron chi connectivity index (χ4n) is 3.94. The van der Waals surface area contributed by atoms with Gasteiger partial charge in [-0.2, -0.15) is 5.10 Å². The quantitative estimate of drug-likeness (QED) is 0.740. The molecule has 1 aliphatic heterocycles. The highest BCUT2D eigenvalue weighted by Gasteiger charge is 2.25. The number of amides is 1. The SMILES string of the molecule is Cc1cc(C)n(Cc2ccc(C(=O)N3CCC(c4ccnc(N)n4)CC3)cc2)n1. The Kier molecular flexibility index (Phi) is 5.29. The molecule has 1 saturated heterocycles. The minimum absolute atomic E-state index is 0.0864. The van der Waals surface area contributed by atoms with Crippen LogP contribution >= 0.6 is 0 Å². The van der Waals surface area contributed by atoms with Gasteiger partial charge in [-0.05, 0) is 56.5 Å². The molecule has 0 unspecified atom stereocenters. The minimum Gasteiger partial charge on any atom is -0.368 e. The van der Waals surface area contributed by atoms with Crippen molar-refractivity contribution in [1.29, 1.82) is 0 Å². The number of aryl methyl sites for hydroxylation is 2. The van der Waals surface area contributed by atoms with Crippen molar-refractivity contribution in [3.05, 3.63) is 70.8 Å². The number of carbonyl (C=O) groups is 1. The van der Waals surface area contributed by atoms with Gasteiger partial charge < -0.3 is 10.6 Å². The highest BCUT2D eigenvalue weighted by atomic mass is 16.2. The van der Waals surface area contributed by atoms with E-state index < -0.39 is 0 Å². The third kappa shape index (κ3) is 4.29. The van der Waals surface area contributed by atoms with Gasteiger partial charge in [-0.15, -0.1) is 0 Å². The maximum Gasteiger partial charge on any atom is 0.253 e. The summed E-state index contributed by atoms with van der Waals surface area (Å²) in [5.41, 5.74) is 10.7. The van der Waals surface area contributed by atoms with Crippen molar-refractivity contribution in [3.8, 4) is 0 Å². The molecule has 7 nitrogen and oxygen atoms in total. The van der Waals surface area contributed by atoms with E-state index in [1.165, 1.54) is 0 Å². The van der Waals surface area contributed by atoms with Crippen LogP contribution < -0.4 is 5.73 Å². The van der Waals surface area contributed by atoms with Gasteiger partial charge >= 0.3 is 0 Å². The first kappa shape index (κ1) is 19.1. The maximum atomic E-state index is 12.9. The number of rotatable bonds is 4. The third-order valence-corrected chi connectivity index (χ3v) is 5.53. The summed E-state index contributed by atoms with van der Waals surface area (Å²) < 4.78 is 1.98. The summed E-state index contributed by atoms with van der Waals surface area (Å²) in [4.78, 5) is 23.1. The first-order chi connectivity index (χ1) is 14.0. The van der Waals surface area contributed by atoms with E-state index in [4.69, 9.17) is 5.73 Å². The van der Waals surface area contributed by atoms with E-state index in [1.54, 1.807) is 6.20 Å². The molecule has 1 aromatic carbocycles. The monoisotopic (exact) mass is 390 g/mol. The number of piperidine rings is 1. The second kappa shape index (κ2) is 8.03. The normalized spacial score (nSPS) is 14.9. The zero-order chi connectivity index (χ0) is 20.4. The van der Waals surface area contributed by atoms with Crippen LogP contribution in [0, 0.1) is 13.8 Å². The third-order valence-electron chi connectivity index (χ3n) is 5.53. The maximum absolute atomic E-state index is 12.9. The molecule has 150 valence electrons. The van der Waals surface area contributed by atoms with Gasteiger partial charge in [0, 0.05) is 42.2 Å². The molecular weight excluding hydrogens is 364 g/mol. The van der Waals surface area contributed by atoms with E-state index in [-0.39, 0.29) is 5.91 Å². The lowest BCUT2D eigenvalue weighted by Gasteiger charge is -2.31. The van der Waals surface area contributed by atoms with Gasteiger partial charge in [-0.3, -0.25) is 9.48 Å². The van der Waals surface area contributed by atoms with Gasteiger partial charge in [-0.1, -0.05) is 12.1 Å². The molecule has 0 radical (unpaired) electrons. The molecule has 0 saturated carbocycles. The fraction of sp³-hybridized carbons (Fsp3) is 0.364. The van der Waals surface area contributed by atoms with Crippen molar-refractivity contribution in [2.75, 3.05) is 18.8 Å². The van der Waals surface area contributed by atoms with Crippen molar-refractivity contribution in [2.45, 2.75) is 39.2 Å². The number of hydrogen-bond donors (Lipinski definition) is 1. The number of nitrogens with two attached hydrogens (primary N) is 1. The molecule has 2 aromatic heterocycles. The standard InChI is InChI=1S/C22H26N6O/c1-15-13-16(2)28(26-15)14-17-3-5-19(6-4-17)21(29)27-11-8-18(9-12-27)20-7-10-24-22(23)25-20/h3-7,10,13,18H,8-9,11-12,14H2,1-2H3,(H2,23,24,25). The average molecular weight is 390 g/mol. The summed E-state index contributed by atoms with van der Waals surface area (Å²) in [6.45, 7) is 6.20. The van der Waals surface area contributed by atoms with Crippen LogP contribution in [0.15, 0.2) is 42.6 Å². The van der Waals surface area contributed by atoms with E-state index in [0.29, 0.717) is 18.4 Å². The van der Waals surface area contributed by atoms with Crippen molar-refractivity contribution in [2.24, 2.45) is 0 Å². The number of hydrogen-bond acceptors (Lipinski definition) is 5. The summed E-state index contributed by atoms with van der Waals surface area (Å²) >= 11 is 0. The Balaban J connectivity index is 1.37. The van der Waals surface area contributed by atoms with E-state index in [9.17, 15) is 4.79 Å². The van der Waals surface area contributed by atoms with Crippen LogP contribution in [0.25, 0.3) is 0 Å². The van der Waals surface area contributed by atoms with Crippen LogP contribution in [0.4, 0.5) is 5.95 Å². The van der Waals surface area contributed by atoms with Crippen LogP contribution in [0.3, 0.4) is 0 Å². The highest BCUT2D eigenvalue weighted by Crippen LogP contribution is 2.27. The van der Waals surface area contributed by atoms with Gasteiger partial charge in [0.25, 0.3) is 5.91 Å². The van der Waals surface area contributed by atoms with Crippen LogP contribution in [-0.4, -0.2) is 43.6 Å². The van der Waals surface area contributed by atoms with Crippen LogP contribution in [0.1, 0.15) is 51.8 Å². The number of aromatic nitrogens is 4. The topological polar surface area (TPSA) is 89.9 Å². The smallest absolute Gasteiger partial charge is 0.253 e. The Morgan fingerprint density at radius 1 is 1.14 bits per heavy atom. The molecule has 0 bridgehead atoms. The molecule has 0 atom stereocenters. The Morgan fingerprint density at radius 2 is 1.86 bits per heavy atom. The van der Waals surface area contributed by atoms with E-state index in [2.05, 4.69) is 28.1 Å². The summed E-state index contributed by atoms with van der Waals surface area (Å²) in [6.07, 6.45) is 3.47. The molecule has 7 heteroatoms. The van der Waals surface area contributed by atoms with Gasteiger partial charge in [0.2, 0.25) is 5.95 Å².